The van der Waals surface area contributed by atoms with Gasteiger partial charge in [0.25, 0.3) is 0 Å². The van der Waals surface area contributed by atoms with E-state index < -0.39 is 11.9 Å². The van der Waals surface area contributed by atoms with Crippen molar-refractivity contribution >= 4 is 34.5 Å². The molecule has 3 heterocycles. The van der Waals surface area contributed by atoms with E-state index in [0.717, 1.165) is 11.8 Å². The minimum absolute atomic E-state index is 0.167. The molecule has 0 saturated carbocycles. The van der Waals surface area contributed by atoms with E-state index in [9.17, 15) is 13.2 Å². The molecule has 3 aromatic rings. The van der Waals surface area contributed by atoms with Crippen LogP contribution in [0.5, 0.6) is 0 Å². The lowest BCUT2D eigenvalue weighted by atomic mass is 10.0. The van der Waals surface area contributed by atoms with Gasteiger partial charge >= 0.3 is 6.18 Å². The Balaban J connectivity index is 1.92. The van der Waals surface area contributed by atoms with Gasteiger partial charge in [0.15, 0.2) is 0 Å². The third-order valence-electron chi connectivity index (χ3n) is 4.38. The van der Waals surface area contributed by atoms with Gasteiger partial charge in [0.1, 0.15) is 11.5 Å². The van der Waals surface area contributed by atoms with Crippen molar-refractivity contribution in [2.24, 2.45) is 5.73 Å². The molecular formula is C19H14ClF3N4. The molecule has 0 aliphatic carbocycles. The summed E-state index contributed by atoms with van der Waals surface area (Å²) in [6, 6.07) is 12.9. The molecule has 0 spiro atoms. The zero-order chi connectivity index (χ0) is 19.2. The predicted molar refractivity (Wildman–Crippen MR) is 99.4 cm³/mol. The number of aromatic nitrogens is 2. The Kier molecular flexibility index (Phi) is 4.11. The molecule has 0 unspecified atom stereocenters. The molecule has 0 atom stereocenters. The summed E-state index contributed by atoms with van der Waals surface area (Å²) < 4.78 is 41.4. The molecule has 1 aliphatic heterocycles. The number of hydrogen-bond donors (Lipinski definition) is 1. The SMILES string of the molecule is NC1=C(n2cccc2)CN(c2ccc(Cl)cc2)c2nc(C(F)(F)F)ccc21. The van der Waals surface area contributed by atoms with E-state index in [2.05, 4.69) is 4.98 Å². The van der Waals surface area contributed by atoms with Crippen LogP contribution in [0.4, 0.5) is 24.7 Å². The molecule has 0 fully saturated rings. The van der Waals surface area contributed by atoms with Crippen LogP contribution in [0.15, 0.2) is 60.9 Å². The van der Waals surface area contributed by atoms with Gasteiger partial charge in [-0.1, -0.05) is 11.6 Å². The molecule has 1 aromatic carbocycles. The van der Waals surface area contributed by atoms with Gasteiger partial charge in [0.2, 0.25) is 0 Å². The number of halogens is 4. The molecular weight excluding hydrogens is 377 g/mol. The Morgan fingerprint density at radius 2 is 1.67 bits per heavy atom. The monoisotopic (exact) mass is 390 g/mol. The third kappa shape index (κ3) is 3.14. The lowest BCUT2D eigenvalue weighted by molar-refractivity contribution is -0.141. The molecule has 0 radical (unpaired) electrons. The maximum Gasteiger partial charge on any atom is 0.433 e. The first kappa shape index (κ1) is 17.5. The van der Waals surface area contributed by atoms with Crippen LogP contribution >= 0.6 is 11.6 Å². The maximum atomic E-state index is 13.2. The van der Waals surface area contributed by atoms with Crippen molar-refractivity contribution in [3.05, 3.63) is 77.2 Å². The molecule has 27 heavy (non-hydrogen) atoms. The first-order valence-electron chi connectivity index (χ1n) is 8.08. The van der Waals surface area contributed by atoms with Crippen LogP contribution < -0.4 is 10.6 Å². The van der Waals surface area contributed by atoms with Gasteiger partial charge in [-0.25, -0.2) is 4.98 Å². The Bertz CT molecular complexity index is 1010. The summed E-state index contributed by atoms with van der Waals surface area (Å²) in [6.07, 6.45) is -0.866. The Morgan fingerprint density at radius 3 is 2.30 bits per heavy atom. The highest BCUT2D eigenvalue weighted by Crippen LogP contribution is 2.39. The van der Waals surface area contributed by atoms with Gasteiger partial charge in [0, 0.05) is 28.7 Å². The van der Waals surface area contributed by atoms with E-state index in [4.69, 9.17) is 17.3 Å². The second-order valence-electron chi connectivity index (χ2n) is 6.08. The minimum atomic E-state index is -4.54. The Labute approximate surface area is 158 Å². The van der Waals surface area contributed by atoms with E-state index in [1.165, 1.54) is 6.07 Å². The molecule has 2 N–H and O–H groups in total. The van der Waals surface area contributed by atoms with E-state index >= 15 is 0 Å². The number of fused-ring (bicyclic) bond motifs is 1. The van der Waals surface area contributed by atoms with Crippen molar-refractivity contribution in [1.29, 1.82) is 0 Å². The number of anilines is 2. The fourth-order valence-corrected chi connectivity index (χ4v) is 3.18. The zero-order valence-corrected chi connectivity index (χ0v) is 14.7. The second kappa shape index (κ2) is 6.35. The lowest BCUT2D eigenvalue weighted by Crippen LogP contribution is -2.30. The average molecular weight is 391 g/mol. The van der Waals surface area contributed by atoms with Gasteiger partial charge in [-0.15, -0.1) is 0 Å². The van der Waals surface area contributed by atoms with Crippen LogP contribution in [0.25, 0.3) is 11.4 Å². The van der Waals surface area contributed by atoms with Crippen LogP contribution in [-0.4, -0.2) is 16.1 Å². The first-order chi connectivity index (χ1) is 12.8. The normalized spacial score (nSPS) is 14.4. The highest BCUT2D eigenvalue weighted by atomic mass is 35.5. The van der Waals surface area contributed by atoms with Crippen molar-refractivity contribution < 1.29 is 13.2 Å². The van der Waals surface area contributed by atoms with Crippen molar-refractivity contribution in [2.75, 3.05) is 11.4 Å². The van der Waals surface area contributed by atoms with Crippen LogP contribution in [-0.2, 0) is 6.18 Å². The molecule has 0 saturated heterocycles. The number of rotatable bonds is 2. The van der Waals surface area contributed by atoms with Gasteiger partial charge in [-0.05, 0) is 48.5 Å². The molecule has 138 valence electrons. The predicted octanol–water partition coefficient (Wildman–Crippen LogP) is 4.99. The summed E-state index contributed by atoms with van der Waals surface area (Å²) >= 11 is 5.95. The number of hydrogen-bond acceptors (Lipinski definition) is 3. The van der Waals surface area contributed by atoms with E-state index in [-0.39, 0.29) is 12.4 Å². The third-order valence-corrected chi connectivity index (χ3v) is 4.64. The van der Waals surface area contributed by atoms with E-state index in [0.29, 0.717) is 22.0 Å². The number of alkyl halides is 3. The summed E-state index contributed by atoms with van der Waals surface area (Å²) in [5, 5.41) is 0.536. The van der Waals surface area contributed by atoms with Crippen molar-refractivity contribution in [3.8, 4) is 0 Å². The van der Waals surface area contributed by atoms with Gasteiger partial charge in [0.05, 0.1) is 17.9 Å². The summed E-state index contributed by atoms with van der Waals surface area (Å²) in [5.74, 6) is 0.167. The smallest absolute Gasteiger partial charge is 0.397 e. The summed E-state index contributed by atoms with van der Waals surface area (Å²) in [4.78, 5) is 5.58. The highest BCUT2D eigenvalue weighted by Gasteiger charge is 2.35. The molecule has 1 aliphatic rings. The zero-order valence-electron chi connectivity index (χ0n) is 13.9. The largest absolute Gasteiger partial charge is 0.433 e. The van der Waals surface area contributed by atoms with Gasteiger partial charge < -0.3 is 15.2 Å². The molecule has 4 rings (SSSR count). The lowest BCUT2D eigenvalue weighted by Gasteiger charge is -2.33. The fourth-order valence-electron chi connectivity index (χ4n) is 3.06. The maximum absolute atomic E-state index is 13.2. The molecule has 4 nitrogen and oxygen atoms in total. The van der Waals surface area contributed by atoms with Gasteiger partial charge in [-0.2, -0.15) is 13.2 Å². The highest BCUT2D eigenvalue weighted by molar-refractivity contribution is 6.30. The molecule has 0 amide bonds. The van der Waals surface area contributed by atoms with Crippen LogP contribution in [0.3, 0.4) is 0 Å². The first-order valence-corrected chi connectivity index (χ1v) is 8.46. The van der Waals surface area contributed by atoms with Crippen molar-refractivity contribution in [2.45, 2.75) is 6.18 Å². The second-order valence-corrected chi connectivity index (χ2v) is 6.52. The van der Waals surface area contributed by atoms with Crippen molar-refractivity contribution in [3.63, 3.8) is 0 Å². The standard InChI is InChI=1S/C19H14ClF3N4/c20-12-3-5-13(6-4-12)27-11-15(26-9-1-2-10-26)17(24)14-7-8-16(19(21,22)23)25-18(14)27/h1-10H,11,24H2. The Hall–Kier alpha value is -2.93. The summed E-state index contributed by atoms with van der Waals surface area (Å²) in [7, 11) is 0. The van der Waals surface area contributed by atoms with E-state index in [1.54, 1.807) is 29.2 Å². The summed E-state index contributed by atoms with van der Waals surface area (Å²) in [5.41, 5.74) is 7.61. The Morgan fingerprint density at radius 1 is 1.00 bits per heavy atom. The van der Waals surface area contributed by atoms with E-state index in [1.807, 2.05) is 29.1 Å². The average Bonchev–Trinajstić information content (AvgIpc) is 3.16. The molecule has 0 bridgehead atoms. The molecule has 8 heteroatoms. The number of benzene rings is 1. The van der Waals surface area contributed by atoms with Crippen LogP contribution in [0.1, 0.15) is 11.3 Å². The number of pyridine rings is 1. The van der Waals surface area contributed by atoms with Crippen molar-refractivity contribution in [1.82, 2.24) is 9.55 Å². The van der Waals surface area contributed by atoms with Crippen LogP contribution in [0, 0.1) is 0 Å². The fraction of sp³-hybridized carbons (Fsp3) is 0.105. The van der Waals surface area contributed by atoms with Gasteiger partial charge in [-0.3, -0.25) is 0 Å². The summed E-state index contributed by atoms with van der Waals surface area (Å²) in [6.45, 7) is 0.267. The quantitative estimate of drug-likeness (QED) is 0.670. The molecule has 2 aromatic heterocycles. The number of nitrogens with zero attached hydrogens (tertiary/aromatic N) is 3. The topological polar surface area (TPSA) is 47.1 Å². The number of nitrogens with two attached hydrogens (primary N) is 1. The minimum Gasteiger partial charge on any atom is -0.397 e. The van der Waals surface area contributed by atoms with Crippen LogP contribution in [0.2, 0.25) is 5.02 Å².